The highest BCUT2D eigenvalue weighted by Crippen LogP contribution is 2.29. The van der Waals surface area contributed by atoms with E-state index in [1.807, 2.05) is 0 Å². The predicted octanol–water partition coefficient (Wildman–Crippen LogP) is 3.08. The zero-order chi connectivity index (χ0) is 13.1. The molecule has 0 radical (unpaired) electrons. The van der Waals surface area contributed by atoms with Gasteiger partial charge in [-0.15, -0.1) is 0 Å². The molecule has 1 aromatic heterocycles. The SMILES string of the molecule is NNC(c1ccc(F)cn1)c1cc(Cl)ccc1Cl. The van der Waals surface area contributed by atoms with Crippen LogP contribution in [0.15, 0.2) is 36.5 Å². The molecule has 0 aliphatic heterocycles. The smallest absolute Gasteiger partial charge is 0.141 e. The Balaban J connectivity index is 2.44. The van der Waals surface area contributed by atoms with E-state index in [0.717, 1.165) is 6.20 Å². The molecular formula is C12H10Cl2FN3. The first kappa shape index (κ1) is 13.2. The van der Waals surface area contributed by atoms with Gasteiger partial charge < -0.3 is 0 Å². The summed E-state index contributed by atoms with van der Waals surface area (Å²) < 4.78 is 12.8. The van der Waals surface area contributed by atoms with Crippen molar-refractivity contribution in [2.24, 2.45) is 5.84 Å². The number of halogens is 3. The standard InChI is InChI=1S/C12H10Cl2FN3/c13-7-1-3-10(14)9(5-7)12(18-16)11-4-2-8(15)6-17-11/h1-6,12,18H,16H2. The first-order valence-corrected chi connectivity index (χ1v) is 5.90. The fourth-order valence-corrected chi connectivity index (χ4v) is 2.04. The van der Waals surface area contributed by atoms with E-state index in [1.54, 1.807) is 18.2 Å². The van der Waals surface area contributed by atoms with Crippen LogP contribution in [0.25, 0.3) is 0 Å². The van der Waals surface area contributed by atoms with Gasteiger partial charge in [-0.1, -0.05) is 23.2 Å². The quantitative estimate of drug-likeness (QED) is 0.673. The maximum Gasteiger partial charge on any atom is 0.141 e. The van der Waals surface area contributed by atoms with E-state index < -0.39 is 11.9 Å². The van der Waals surface area contributed by atoms with Crippen molar-refractivity contribution in [1.29, 1.82) is 0 Å². The van der Waals surface area contributed by atoms with Gasteiger partial charge in [-0.05, 0) is 35.9 Å². The molecule has 94 valence electrons. The van der Waals surface area contributed by atoms with E-state index in [4.69, 9.17) is 29.0 Å². The lowest BCUT2D eigenvalue weighted by molar-refractivity contribution is 0.596. The average molecular weight is 286 g/mol. The van der Waals surface area contributed by atoms with Crippen LogP contribution in [0.1, 0.15) is 17.3 Å². The normalized spacial score (nSPS) is 12.4. The topological polar surface area (TPSA) is 50.9 Å². The van der Waals surface area contributed by atoms with Gasteiger partial charge in [0.2, 0.25) is 0 Å². The van der Waals surface area contributed by atoms with E-state index in [9.17, 15) is 4.39 Å². The van der Waals surface area contributed by atoms with Gasteiger partial charge in [0.25, 0.3) is 0 Å². The van der Waals surface area contributed by atoms with Gasteiger partial charge in [0.15, 0.2) is 0 Å². The lowest BCUT2D eigenvalue weighted by atomic mass is 10.0. The molecular weight excluding hydrogens is 276 g/mol. The fraction of sp³-hybridized carbons (Fsp3) is 0.0833. The second-order valence-electron chi connectivity index (χ2n) is 3.67. The summed E-state index contributed by atoms with van der Waals surface area (Å²) >= 11 is 12.0. The zero-order valence-corrected chi connectivity index (χ0v) is 10.7. The van der Waals surface area contributed by atoms with Gasteiger partial charge in [0.05, 0.1) is 17.9 Å². The van der Waals surface area contributed by atoms with Crippen molar-refractivity contribution in [1.82, 2.24) is 10.4 Å². The Hall–Kier alpha value is -1.20. The molecule has 1 aromatic carbocycles. The fourth-order valence-electron chi connectivity index (χ4n) is 1.63. The van der Waals surface area contributed by atoms with E-state index in [0.29, 0.717) is 21.3 Å². The Morgan fingerprint density at radius 3 is 2.61 bits per heavy atom. The highest BCUT2D eigenvalue weighted by atomic mass is 35.5. The number of nitrogens with two attached hydrogens (primary N) is 1. The maximum atomic E-state index is 12.8. The number of pyridine rings is 1. The van der Waals surface area contributed by atoms with Crippen LogP contribution < -0.4 is 11.3 Å². The molecule has 0 saturated carbocycles. The van der Waals surface area contributed by atoms with Crippen molar-refractivity contribution in [2.75, 3.05) is 0 Å². The molecule has 0 aliphatic rings. The molecule has 0 bridgehead atoms. The minimum absolute atomic E-state index is 0.410. The molecule has 0 spiro atoms. The molecule has 0 aliphatic carbocycles. The van der Waals surface area contributed by atoms with Crippen molar-refractivity contribution in [3.8, 4) is 0 Å². The summed E-state index contributed by atoms with van der Waals surface area (Å²) in [7, 11) is 0. The molecule has 3 nitrogen and oxygen atoms in total. The van der Waals surface area contributed by atoms with E-state index in [-0.39, 0.29) is 0 Å². The Morgan fingerprint density at radius 2 is 2.00 bits per heavy atom. The molecule has 1 atom stereocenters. The third-order valence-electron chi connectivity index (χ3n) is 2.48. The molecule has 3 N–H and O–H groups in total. The average Bonchev–Trinajstić information content (AvgIpc) is 2.37. The number of hydrogen-bond donors (Lipinski definition) is 2. The van der Waals surface area contributed by atoms with Gasteiger partial charge in [-0.3, -0.25) is 10.8 Å². The summed E-state index contributed by atoms with van der Waals surface area (Å²) in [5, 5.41) is 1.05. The monoisotopic (exact) mass is 285 g/mol. The third-order valence-corrected chi connectivity index (χ3v) is 3.06. The van der Waals surface area contributed by atoms with Crippen molar-refractivity contribution >= 4 is 23.2 Å². The van der Waals surface area contributed by atoms with Gasteiger partial charge in [0, 0.05) is 10.0 Å². The van der Waals surface area contributed by atoms with Gasteiger partial charge >= 0.3 is 0 Å². The number of rotatable bonds is 3. The van der Waals surface area contributed by atoms with E-state index >= 15 is 0 Å². The number of hydrogen-bond acceptors (Lipinski definition) is 3. The molecule has 0 fully saturated rings. The highest BCUT2D eigenvalue weighted by Gasteiger charge is 2.17. The van der Waals surface area contributed by atoms with Gasteiger partial charge in [-0.25, -0.2) is 9.82 Å². The molecule has 1 unspecified atom stereocenters. The molecule has 2 rings (SSSR count). The summed E-state index contributed by atoms with van der Waals surface area (Å²) in [6.45, 7) is 0. The Morgan fingerprint density at radius 1 is 1.22 bits per heavy atom. The zero-order valence-electron chi connectivity index (χ0n) is 9.20. The lowest BCUT2D eigenvalue weighted by Gasteiger charge is -2.17. The molecule has 6 heteroatoms. The van der Waals surface area contributed by atoms with Crippen LogP contribution in [0.3, 0.4) is 0 Å². The van der Waals surface area contributed by atoms with Crippen molar-refractivity contribution in [3.63, 3.8) is 0 Å². The second kappa shape index (κ2) is 5.63. The largest absolute Gasteiger partial charge is 0.271 e. The molecule has 0 amide bonds. The Labute approximate surface area is 114 Å². The minimum Gasteiger partial charge on any atom is -0.271 e. The van der Waals surface area contributed by atoms with Crippen molar-refractivity contribution in [2.45, 2.75) is 6.04 Å². The van der Waals surface area contributed by atoms with Crippen LogP contribution in [-0.4, -0.2) is 4.98 Å². The van der Waals surface area contributed by atoms with Crippen LogP contribution in [-0.2, 0) is 0 Å². The maximum absolute atomic E-state index is 12.8. The summed E-state index contributed by atoms with van der Waals surface area (Å²) in [5.41, 5.74) is 3.84. The Bertz CT molecular complexity index is 546. The van der Waals surface area contributed by atoms with Crippen LogP contribution in [0.5, 0.6) is 0 Å². The molecule has 1 heterocycles. The van der Waals surface area contributed by atoms with Crippen LogP contribution in [0.2, 0.25) is 10.0 Å². The summed E-state index contributed by atoms with van der Waals surface area (Å²) in [6, 6.07) is 7.45. The highest BCUT2D eigenvalue weighted by molar-refractivity contribution is 6.33. The van der Waals surface area contributed by atoms with Gasteiger partial charge in [-0.2, -0.15) is 0 Å². The molecule has 0 saturated heterocycles. The number of nitrogens with zero attached hydrogens (tertiary/aromatic N) is 1. The summed E-state index contributed by atoms with van der Waals surface area (Å²) in [5.74, 6) is 5.10. The number of benzene rings is 1. The van der Waals surface area contributed by atoms with E-state index in [1.165, 1.54) is 12.1 Å². The molecule has 18 heavy (non-hydrogen) atoms. The lowest BCUT2D eigenvalue weighted by Crippen LogP contribution is -2.29. The molecule has 2 aromatic rings. The second-order valence-corrected chi connectivity index (χ2v) is 4.51. The number of hydrazine groups is 1. The van der Waals surface area contributed by atoms with Crippen LogP contribution >= 0.6 is 23.2 Å². The van der Waals surface area contributed by atoms with Gasteiger partial charge in [0.1, 0.15) is 5.82 Å². The first-order chi connectivity index (χ1) is 8.61. The summed E-state index contributed by atoms with van der Waals surface area (Å²) in [4.78, 5) is 3.98. The minimum atomic E-state index is -0.447. The van der Waals surface area contributed by atoms with Crippen molar-refractivity contribution in [3.05, 3.63) is 63.6 Å². The number of aromatic nitrogens is 1. The van der Waals surface area contributed by atoms with Crippen LogP contribution in [0, 0.1) is 5.82 Å². The number of nitrogens with one attached hydrogen (secondary N) is 1. The van der Waals surface area contributed by atoms with Crippen molar-refractivity contribution < 1.29 is 4.39 Å². The van der Waals surface area contributed by atoms with E-state index in [2.05, 4.69) is 10.4 Å². The third kappa shape index (κ3) is 2.79. The summed E-state index contributed by atoms with van der Waals surface area (Å²) in [6.07, 6.45) is 1.12. The van der Waals surface area contributed by atoms with Crippen LogP contribution in [0.4, 0.5) is 4.39 Å². The Kier molecular flexibility index (Phi) is 4.14. The predicted molar refractivity (Wildman–Crippen MR) is 69.8 cm³/mol. The first-order valence-electron chi connectivity index (χ1n) is 5.14.